The summed E-state index contributed by atoms with van der Waals surface area (Å²) in [5, 5.41) is 12.0. The van der Waals surface area contributed by atoms with Crippen molar-refractivity contribution < 1.29 is 14.3 Å². The molecule has 27 heavy (non-hydrogen) atoms. The molecular formula is C18H16ClN3O3S2. The van der Waals surface area contributed by atoms with Gasteiger partial charge in [0.2, 0.25) is 5.13 Å². The largest absolute Gasteiger partial charge is 0.493 e. The van der Waals surface area contributed by atoms with Crippen LogP contribution in [0.3, 0.4) is 0 Å². The van der Waals surface area contributed by atoms with Gasteiger partial charge in [0.05, 0.1) is 19.8 Å². The highest BCUT2D eigenvalue weighted by Gasteiger charge is 2.18. The summed E-state index contributed by atoms with van der Waals surface area (Å²) in [4.78, 5) is 12.6. The Labute approximate surface area is 169 Å². The van der Waals surface area contributed by atoms with E-state index in [9.17, 15) is 4.79 Å². The fourth-order valence-electron chi connectivity index (χ4n) is 2.32. The van der Waals surface area contributed by atoms with Crippen LogP contribution in [0.15, 0.2) is 46.8 Å². The number of carbonyl (C=O) groups excluding carboxylic acids is 1. The van der Waals surface area contributed by atoms with Gasteiger partial charge in [0, 0.05) is 10.8 Å². The molecule has 0 unspecified atom stereocenters. The van der Waals surface area contributed by atoms with Gasteiger partial charge in [0.1, 0.15) is 0 Å². The fraction of sp³-hybridized carbons (Fsp3) is 0.167. The van der Waals surface area contributed by atoms with Gasteiger partial charge in [-0.3, -0.25) is 10.1 Å². The number of methoxy groups -OCH3 is 2. The monoisotopic (exact) mass is 421 g/mol. The number of aromatic nitrogens is 2. The zero-order chi connectivity index (χ0) is 19.2. The highest BCUT2D eigenvalue weighted by atomic mass is 35.5. The molecule has 0 spiro atoms. The quantitative estimate of drug-likeness (QED) is 0.438. The molecule has 1 heterocycles. The van der Waals surface area contributed by atoms with E-state index in [0.29, 0.717) is 33.0 Å². The van der Waals surface area contributed by atoms with E-state index in [1.54, 1.807) is 18.2 Å². The maximum atomic E-state index is 12.6. The van der Waals surface area contributed by atoms with Gasteiger partial charge in [0.25, 0.3) is 5.91 Å². The number of para-hydroxylation sites is 1. The second kappa shape index (κ2) is 9.07. The first-order valence-corrected chi connectivity index (χ1v) is 10.0. The zero-order valence-corrected chi connectivity index (χ0v) is 17.0. The first kappa shape index (κ1) is 19.5. The molecule has 0 aliphatic heterocycles. The van der Waals surface area contributed by atoms with Crippen LogP contribution in [-0.2, 0) is 5.75 Å². The summed E-state index contributed by atoms with van der Waals surface area (Å²) in [6.45, 7) is 0. The van der Waals surface area contributed by atoms with Crippen molar-refractivity contribution in [3.8, 4) is 11.5 Å². The lowest BCUT2D eigenvalue weighted by molar-refractivity contribution is 0.102. The summed E-state index contributed by atoms with van der Waals surface area (Å²) in [6, 6.07) is 12.8. The summed E-state index contributed by atoms with van der Waals surface area (Å²) in [5.41, 5.74) is 1.45. The lowest BCUT2D eigenvalue weighted by Crippen LogP contribution is -2.13. The van der Waals surface area contributed by atoms with Gasteiger partial charge in [-0.05, 0) is 29.8 Å². The minimum atomic E-state index is -0.340. The van der Waals surface area contributed by atoms with Crippen LogP contribution in [0.2, 0.25) is 5.02 Å². The summed E-state index contributed by atoms with van der Waals surface area (Å²) >= 11 is 8.83. The van der Waals surface area contributed by atoms with E-state index in [0.717, 1.165) is 9.90 Å². The van der Waals surface area contributed by atoms with Crippen molar-refractivity contribution in [3.63, 3.8) is 0 Å². The minimum Gasteiger partial charge on any atom is -0.493 e. The van der Waals surface area contributed by atoms with Crippen LogP contribution in [0.4, 0.5) is 5.13 Å². The van der Waals surface area contributed by atoms with Crippen LogP contribution >= 0.6 is 34.7 Å². The first-order chi connectivity index (χ1) is 13.1. The van der Waals surface area contributed by atoms with Gasteiger partial charge < -0.3 is 9.47 Å². The number of hydrogen-bond donors (Lipinski definition) is 1. The van der Waals surface area contributed by atoms with E-state index in [-0.39, 0.29) is 5.91 Å². The van der Waals surface area contributed by atoms with E-state index in [4.69, 9.17) is 21.1 Å². The molecule has 0 saturated carbocycles. The molecule has 2 aromatic carbocycles. The number of nitrogens with zero attached hydrogens (tertiary/aromatic N) is 2. The number of thioether (sulfide) groups is 1. The minimum absolute atomic E-state index is 0.340. The molecule has 0 aliphatic rings. The molecule has 0 atom stereocenters. The lowest BCUT2D eigenvalue weighted by atomic mass is 10.1. The Hall–Kier alpha value is -2.29. The second-order valence-electron chi connectivity index (χ2n) is 5.29. The number of rotatable bonds is 7. The molecule has 3 aromatic rings. The number of benzene rings is 2. The summed E-state index contributed by atoms with van der Waals surface area (Å²) in [5.74, 6) is 1.23. The summed E-state index contributed by atoms with van der Waals surface area (Å²) < 4.78 is 11.3. The molecule has 0 aliphatic carbocycles. The average Bonchev–Trinajstić information content (AvgIpc) is 3.13. The number of halogens is 1. The lowest BCUT2D eigenvalue weighted by Gasteiger charge is -2.11. The van der Waals surface area contributed by atoms with Crippen LogP contribution in [0, 0.1) is 0 Å². The Morgan fingerprint density at radius 3 is 2.74 bits per heavy atom. The third-order valence-corrected chi connectivity index (χ3v) is 5.80. The van der Waals surface area contributed by atoms with Crippen molar-refractivity contribution >= 4 is 45.7 Å². The number of anilines is 1. The molecule has 3 rings (SSSR count). The SMILES string of the molecule is COc1cccc(C(=O)Nc2nnc(SCc3cccc(Cl)c3)s2)c1OC. The van der Waals surface area contributed by atoms with Gasteiger partial charge >= 0.3 is 0 Å². The molecule has 0 radical (unpaired) electrons. The Bertz CT molecular complexity index is 949. The number of ether oxygens (including phenoxy) is 2. The van der Waals surface area contributed by atoms with Crippen molar-refractivity contribution in [1.29, 1.82) is 0 Å². The van der Waals surface area contributed by atoms with Gasteiger partial charge in [-0.2, -0.15) is 0 Å². The Morgan fingerprint density at radius 2 is 2.00 bits per heavy atom. The van der Waals surface area contributed by atoms with Gasteiger partial charge in [0.15, 0.2) is 15.8 Å². The van der Waals surface area contributed by atoms with Crippen LogP contribution < -0.4 is 14.8 Å². The molecule has 1 aromatic heterocycles. The van der Waals surface area contributed by atoms with Crippen molar-refractivity contribution in [2.24, 2.45) is 0 Å². The van der Waals surface area contributed by atoms with Gasteiger partial charge in [-0.25, -0.2) is 0 Å². The van der Waals surface area contributed by atoms with Crippen LogP contribution in [0.25, 0.3) is 0 Å². The Kier molecular flexibility index (Phi) is 6.54. The standard InChI is InChI=1S/C18H16ClN3O3S2/c1-24-14-8-4-7-13(15(14)25-2)16(23)20-17-21-22-18(27-17)26-10-11-5-3-6-12(19)9-11/h3-9H,10H2,1-2H3,(H,20,21,23). The molecule has 1 amide bonds. The topological polar surface area (TPSA) is 73.3 Å². The second-order valence-corrected chi connectivity index (χ2v) is 7.92. The smallest absolute Gasteiger partial charge is 0.261 e. The maximum Gasteiger partial charge on any atom is 0.261 e. The molecule has 140 valence electrons. The molecule has 0 bridgehead atoms. The van der Waals surface area contributed by atoms with Crippen molar-refractivity contribution in [2.75, 3.05) is 19.5 Å². The van der Waals surface area contributed by atoms with Gasteiger partial charge in [-0.1, -0.05) is 52.9 Å². The third-order valence-electron chi connectivity index (χ3n) is 3.53. The van der Waals surface area contributed by atoms with E-state index in [1.807, 2.05) is 24.3 Å². The van der Waals surface area contributed by atoms with Crippen molar-refractivity contribution in [3.05, 3.63) is 58.6 Å². The average molecular weight is 422 g/mol. The first-order valence-electron chi connectivity index (χ1n) is 7.84. The van der Waals surface area contributed by atoms with E-state index in [1.165, 1.54) is 37.3 Å². The fourth-order valence-corrected chi connectivity index (χ4v) is 4.22. The molecule has 9 heteroatoms. The number of hydrogen-bond acceptors (Lipinski definition) is 7. The number of nitrogens with one attached hydrogen (secondary N) is 1. The highest BCUT2D eigenvalue weighted by molar-refractivity contribution is 8.00. The normalized spacial score (nSPS) is 10.5. The Balaban J connectivity index is 1.66. The highest BCUT2D eigenvalue weighted by Crippen LogP contribution is 2.32. The van der Waals surface area contributed by atoms with Crippen LogP contribution in [-0.4, -0.2) is 30.3 Å². The summed E-state index contributed by atoms with van der Waals surface area (Å²) in [6.07, 6.45) is 0. The summed E-state index contributed by atoms with van der Waals surface area (Å²) in [7, 11) is 3.01. The van der Waals surface area contributed by atoms with Crippen molar-refractivity contribution in [1.82, 2.24) is 10.2 Å². The molecule has 0 saturated heterocycles. The molecule has 0 fully saturated rings. The van der Waals surface area contributed by atoms with E-state index < -0.39 is 0 Å². The number of amides is 1. The van der Waals surface area contributed by atoms with Gasteiger partial charge in [-0.15, -0.1) is 10.2 Å². The molecule has 1 N–H and O–H groups in total. The van der Waals surface area contributed by atoms with Crippen molar-refractivity contribution in [2.45, 2.75) is 10.1 Å². The van der Waals surface area contributed by atoms with E-state index >= 15 is 0 Å². The van der Waals surface area contributed by atoms with Crippen LogP contribution in [0.1, 0.15) is 15.9 Å². The predicted molar refractivity (Wildman–Crippen MR) is 108 cm³/mol. The third kappa shape index (κ3) is 4.91. The maximum absolute atomic E-state index is 12.6. The van der Waals surface area contributed by atoms with E-state index in [2.05, 4.69) is 15.5 Å². The molecule has 6 nitrogen and oxygen atoms in total. The zero-order valence-electron chi connectivity index (χ0n) is 14.6. The molecular weight excluding hydrogens is 406 g/mol. The predicted octanol–water partition coefficient (Wildman–Crippen LogP) is 4.75. The number of carbonyl (C=O) groups is 1. The van der Waals surface area contributed by atoms with Crippen LogP contribution in [0.5, 0.6) is 11.5 Å². The Morgan fingerprint density at radius 1 is 1.19 bits per heavy atom.